The summed E-state index contributed by atoms with van der Waals surface area (Å²) in [5.41, 5.74) is 4.95. The molecule has 4 fully saturated rings. The second-order valence-corrected chi connectivity index (χ2v) is 11.6. The van der Waals surface area contributed by atoms with Crippen molar-refractivity contribution in [2.75, 3.05) is 7.11 Å². The molecule has 8 rings (SSSR count). The molecule has 0 saturated heterocycles. The number of carbonyl (C=O) groups is 2. The van der Waals surface area contributed by atoms with E-state index in [9.17, 15) is 9.59 Å². The third-order valence-corrected chi connectivity index (χ3v) is 9.48. The van der Waals surface area contributed by atoms with Crippen LogP contribution in [0.3, 0.4) is 0 Å². The molecule has 37 heavy (non-hydrogen) atoms. The van der Waals surface area contributed by atoms with Gasteiger partial charge in [0.1, 0.15) is 0 Å². The number of Topliss-reactive ketones (excluding diaryl/α,β-unsaturated/α-hetero) is 1. The third kappa shape index (κ3) is 3.33. The quantitative estimate of drug-likeness (QED) is 0.210. The first-order valence-corrected chi connectivity index (χ1v) is 13.2. The normalized spacial score (nSPS) is 24.7. The van der Waals surface area contributed by atoms with Crippen molar-refractivity contribution in [3.63, 3.8) is 0 Å². The molecule has 2 aromatic heterocycles. The summed E-state index contributed by atoms with van der Waals surface area (Å²) < 4.78 is 7.19. The number of hydrogen-bond acceptors (Lipinski definition) is 4. The summed E-state index contributed by atoms with van der Waals surface area (Å²) in [5, 5.41) is 1.08. The number of pyridine rings is 1. The number of esters is 1. The molecule has 2 bridgehead atoms. The van der Waals surface area contributed by atoms with E-state index in [2.05, 4.69) is 47.2 Å². The fourth-order valence-corrected chi connectivity index (χ4v) is 7.34. The van der Waals surface area contributed by atoms with Crippen LogP contribution in [0.1, 0.15) is 54.6 Å². The Labute approximate surface area is 216 Å². The lowest BCUT2D eigenvalue weighted by Gasteiger charge is -2.72. The van der Waals surface area contributed by atoms with E-state index in [0.29, 0.717) is 13.0 Å². The van der Waals surface area contributed by atoms with E-state index in [1.165, 1.54) is 7.11 Å². The third-order valence-electron chi connectivity index (χ3n) is 9.48. The predicted molar refractivity (Wildman–Crippen MR) is 142 cm³/mol. The van der Waals surface area contributed by atoms with Crippen LogP contribution in [-0.2, 0) is 16.1 Å². The number of carbonyl (C=O) groups excluding carboxylic acids is 2. The zero-order valence-electron chi connectivity index (χ0n) is 21.1. The average molecular weight is 491 g/mol. The Hall–Kier alpha value is -3.73. The highest BCUT2D eigenvalue weighted by atomic mass is 16.5. The molecule has 0 aliphatic heterocycles. The number of aromatic nitrogens is 2. The van der Waals surface area contributed by atoms with Gasteiger partial charge in [-0.2, -0.15) is 0 Å². The highest BCUT2D eigenvalue weighted by Gasteiger charge is 2.80. The van der Waals surface area contributed by atoms with Crippen molar-refractivity contribution in [1.82, 2.24) is 9.55 Å². The van der Waals surface area contributed by atoms with Gasteiger partial charge in [0.15, 0.2) is 5.78 Å². The molecule has 0 unspecified atom stereocenters. The van der Waals surface area contributed by atoms with Gasteiger partial charge in [-0.05, 0) is 66.7 Å². The lowest BCUT2D eigenvalue weighted by molar-refractivity contribution is -0.251. The van der Waals surface area contributed by atoms with Gasteiger partial charge in [0, 0.05) is 35.3 Å². The summed E-state index contributed by atoms with van der Waals surface area (Å²) in [4.78, 5) is 30.7. The van der Waals surface area contributed by atoms with Crippen LogP contribution in [-0.4, -0.2) is 28.4 Å². The SMILES string of the molecule is COC(=O)C12CC(C3(CC(=O)c4cccc5ccn(Cc6ccc(-c7ccccc7)cn6)c45)CC3)(C1)C2. The van der Waals surface area contributed by atoms with Crippen LogP contribution in [0.4, 0.5) is 0 Å². The monoisotopic (exact) mass is 490 g/mol. The van der Waals surface area contributed by atoms with Gasteiger partial charge in [0.05, 0.1) is 30.3 Å². The minimum absolute atomic E-state index is 0.0638. The summed E-state index contributed by atoms with van der Waals surface area (Å²) in [7, 11) is 1.48. The summed E-state index contributed by atoms with van der Waals surface area (Å²) in [6.07, 6.45) is 9.40. The molecule has 0 atom stereocenters. The van der Waals surface area contributed by atoms with Gasteiger partial charge in [-0.1, -0.05) is 48.5 Å². The maximum atomic E-state index is 13.8. The van der Waals surface area contributed by atoms with E-state index in [1.807, 2.05) is 36.5 Å². The molecule has 5 nitrogen and oxygen atoms in total. The maximum Gasteiger partial charge on any atom is 0.311 e. The van der Waals surface area contributed by atoms with Crippen LogP contribution >= 0.6 is 0 Å². The highest BCUT2D eigenvalue weighted by Crippen LogP contribution is 2.85. The molecule has 0 N–H and O–H groups in total. The Kier molecular flexibility index (Phi) is 4.79. The van der Waals surface area contributed by atoms with Gasteiger partial charge in [-0.3, -0.25) is 14.6 Å². The number of methoxy groups -OCH3 is 1. The van der Waals surface area contributed by atoms with E-state index in [-0.39, 0.29) is 28.0 Å². The first kappa shape index (κ1) is 22.5. The zero-order chi connectivity index (χ0) is 25.3. The van der Waals surface area contributed by atoms with Crippen LogP contribution in [0.5, 0.6) is 0 Å². The average Bonchev–Trinajstić information content (AvgIpc) is 3.53. The van der Waals surface area contributed by atoms with Crippen molar-refractivity contribution in [3.8, 4) is 11.1 Å². The Morgan fingerprint density at radius 1 is 0.919 bits per heavy atom. The van der Waals surface area contributed by atoms with Crippen molar-refractivity contribution >= 4 is 22.7 Å². The number of nitrogens with zero attached hydrogens (tertiary/aromatic N) is 2. The van der Waals surface area contributed by atoms with Crippen LogP contribution in [0, 0.1) is 16.2 Å². The molecule has 4 aromatic rings. The summed E-state index contributed by atoms with van der Waals surface area (Å²) in [6.45, 7) is 0.611. The predicted octanol–water partition coefficient (Wildman–Crippen LogP) is 6.45. The number of rotatable bonds is 8. The second-order valence-electron chi connectivity index (χ2n) is 11.6. The molecule has 4 aliphatic rings. The fraction of sp³-hybridized carbons (Fsp3) is 0.344. The molecule has 0 amide bonds. The second kappa shape index (κ2) is 7.88. The number of hydrogen-bond donors (Lipinski definition) is 0. The molecule has 2 aromatic carbocycles. The number of ether oxygens (including phenoxy) is 1. The van der Waals surface area contributed by atoms with E-state index in [0.717, 1.165) is 65.4 Å². The topological polar surface area (TPSA) is 61.2 Å². The minimum Gasteiger partial charge on any atom is -0.469 e. The largest absolute Gasteiger partial charge is 0.469 e. The Bertz CT molecular complexity index is 1510. The molecule has 0 spiro atoms. The number of para-hydroxylation sites is 1. The van der Waals surface area contributed by atoms with Crippen LogP contribution in [0.2, 0.25) is 0 Å². The molecule has 0 radical (unpaired) electrons. The summed E-state index contributed by atoms with van der Waals surface area (Å²) in [6, 6.07) is 22.5. The Balaban J connectivity index is 1.12. The molecule has 186 valence electrons. The van der Waals surface area contributed by atoms with Crippen molar-refractivity contribution in [2.45, 2.75) is 45.1 Å². The van der Waals surface area contributed by atoms with E-state index >= 15 is 0 Å². The lowest BCUT2D eigenvalue weighted by Crippen LogP contribution is -2.69. The Morgan fingerprint density at radius 2 is 1.70 bits per heavy atom. The first-order chi connectivity index (χ1) is 18.0. The molecule has 4 saturated carbocycles. The minimum atomic E-state index is -0.259. The first-order valence-electron chi connectivity index (χ1n) is 13.2. The van der Waals surface area contributed by atoms with Crippen molar-refractivity contribution in [3.05, 3.63) is 90.4 Å². The van der Waals surface area contributed by atoms with E-state index in [4.69, 9.17) is 9.72 Å². The van der Waals surface area contributed by atoms with Crippen LogP contribution in [0.15, 0.2) is 79.1 Å². The molecular weight excluding hydrogens is 460 g/mol. The zero-order valence-corrected chi connectivity index (χ0v) is 21.1. The van der Waals surface area contributed by atoms with Gasteiger partial charge in [0.25, 0.3) is 0 Å². The van der Waals surface area contributed by atoms with E-state index in [1.54, 1.807) is 0 Å². The van der Waals surface area contributed by atoms with Gasteiger partial charge >= 0.3 is 5.97 Å². The summed E-state index contributed by atoms with van der Waals surface area (Å²) >= 11 is 0. The van der Waals surface area contributed by atoms with Crippen LogP contribution < -0.4 is 0 Å². The van der Waals surface area contributed by atoms with Crippen molar-refractivity contribution in [1.29, 1.82) is 0 Å². The molecule has 4 aliphatic carbocycles. The Morgan fingerprint density at radius 3 is 2.38 bits per heavy atom. The number of ketones is 1. The molecule has 2 heterocycles. The highest BCUT2D eigenvalue weighted by molar-refractivity contribution is 6.07. The van der Waals surface area contributed by atoms with Gasteiger partial charge < -0.3 is 9.30 Å². The van der Waals surface area contributed by atoms with E-state index < -0.39 is 0 Å². The smallest absolute Gasteiger partial charge is 0.311 e. The molecule has 5 heteroatoms. The van der Waals surface area contributed by atoms with Crippen molar-refractivity contribution in [2.24, 2.45) is 16.2 Å². The standard InChI is InChI=1S/C32H30N2O3/c1-37-29(36)30-19-32(20-30,21-30)31(13-14-31)16-27(35)26-9-5-8-23-12-15-34(28(23)26)18-25-11-10-24(17-33-25)22-6-3-2-4-7-22/h2-12,15,17H,13-14,16,18-21H2,1H3. The van der Waals surface area contributed by atoms with Crippen molar-refractivity contribution < 1.29 is 14.3 Å². The lowest BCUT2D eigenvalue weighted by atomic mass is 9.30. The number of fused-ring (bicyclic) bond motifs is 1. The van der Waals surface area contributed by atoms with Gasteiger partial charge in [-0.25, -0.2) is 0 Å². The maximum absolute atomic E-state index is 13.8. The fourth-order valence-electron chi connectivity index (χ4n) is 7.34. The molecular formula is C32H30N2O3. The number of benzene rings is 2. The van der Waals surface area contributed by atoms with Gasteiger partial charge in [-0.15, -0.1) is 0 Å². The van der Waals surface area contributed by atoms with Crippen LogP contribution in [0.25, 0.3) is 22.0 Å². The summed E-state index contributed by atoms with van der Waals surface area (Å²) in [5.74, 6) is 0.150. The van der Waals surface area contributed by atoms with Gasteiger partial charge in [0.2, 0.25) is 0 Å².